The maximum absolute atomic E-state index is 12.7. The Morgan fingerprint density at radius 2 is 2.07 bits per heavy atom. The van der Waals surface area contributed by atoms with Crippen molar-refractivity contribution in [1.82, 2.24) is 24.8 Å². The van der Waals surface area contributed by atoms with Gasteiger partial charge in [0.1, 0.15) is 12.0 Å². The second kappa shape index (κ2) is 7.86. The molecular formula is C22H22N6O. The van der Waals surface area contributed by atoms with E-state index in [4.69, 9.17) is 5.26 Å². The summed E-state index contributed by atoms with van der Waals surface area (Å²) in [5.74, 6) is 0.938. The Hall–Kier alpha value is -3.50. The molecule has 2 N–H and O–H groups in total. The highest BCUT2D eigenvalue weighted by atomic mass is 16.1. The van der Waals surface area contributed by atoms with Crippen LogP contribution in [0.25, 0.3) is 27.8 Å². The number of nitriles is 1. The lowest BCUT2D eigenvalue weighted by molar-refractivity contribution is 0.403. The third-order valence-electron chi connectivity index (χ3n) is 5.19. The number of pyridine rings is 1. The third kappa shape index (κ3) is 3.62. The van der Waals surface area contributed by atoms with Gasteiger partial charge in [0.25, 0.3) is 5.56 Å². The number of hydrogen-bond donors (Lipinski definition) is 2. The summed E-state index contributed by atoms with van der Waals surface area (Å²) in [6.07, 6.45) is 3.72. The summed E-state index contributed by atoms with van der Waals surface area (Å²) in [5, 5.41) is 14.2. The van der Waals surface area contributed by atoms with Crippen LogP contribution < -0.4 is 10.9 Å². The first kappa shape index (κ1) is 18.8. The summed E-state index contributed by atoms with van der Waals surface area (Å²) in [5.41, 5.74) is 2.44. The summed E-state index contributed by atoms with van der Waals surface area (Å²) in [6.45, 7) is 4.88. The first-order chi connectivity index (χ1) is 14.1. The summed E-state index contributed by atoms with van der Waals surface area (Å²) >= 11 is 0. The van der Waals surface area contributed by atoms with Crippen LogP contribution in [0.5, 0.6) is 0 Å². The minimum atomic E-state index is -0.140. The van der Waals surface area contributed by atoms with Crippen LogP contribution in [-0.2, 0) is 6.54 Å². The van der Waals surface area contributed by atoms with Gasteiger partial charge in [-0.2, -0.15) is 5.26 Å². The van der Waals surface area contributed by atoms with E-state index in [2.05, 4.69) is 46.3 Å². The van der Waals surface area contributed by atoms with Gasteiger partial charge in [-0.25, -0.2) is 9.97 Å². The largest absolute Gasteiger partial charge is 0.346 e. The molecule has 3 aromatic heterocycles. The number of aromatic amines is 1. The molecule has 1 aromatic carbocycles. The number of nitrogens with one attached hydrogen (secondary N) is 2. The highest BCUT2D eigenvalue weighted by molar-refractivity contribution is 5.87. The van der Waals surface area contributed by atoms with E-state index < -0.39 is 0 Å². The van der Waals surface area contributed by atoms with Crippen molar-refractivity contribution in [3.05, 3.63) is 64.8 Å². The molecule has 1 atom stereocenters. The fourth-order valence-electron chi connectivity index (χ4n) is 3.55. The van der Waals surface area contributed by atoms with Gasteiger partial charge in [-0.1, -0.05) is 19.9 Å². The van der Waals surface area contributed by atoms with Crippen molar-refractivity contribution < 1.29 is 0 Å². The number of fused-ring (bicyclic) bond motifs is 2. The second-order valence-electron chi connectivity index (χ2n) is 7.43. The van der Waals surface area contributed by atoms with Gasteiger partial charge < -0.3 is 10.3 Å². The molecule has 146 valence electrons. The average molecular weight is 386 g/mol. The Morgan fingerprint density at radius 1 is 1.21 bits per heavy atom. The van der Waals surface area contributed by atoms with Gasteiger partial charge in [0.05, 0.1) is 23.4 Å². The van der Waals surface area contributed by atoms with Crippen LogP contribution in [0.1, 0.15) is 25.8 Å². The summed E-state index contributed by atoms with van der Waals surface area (Å²) in [6, 6.07) is 13.7. The molecule has 0 saturated heterocycles. The van der Waals surface area contributed by atoms with Crippen molar-refractivity contribution in [1.29, 1.82) is 5.26 Å². The van der Waals surface area contributed by atoms with Crippen molar-refractivity contribution in [2.45, 2.75) is 32.9 Å². The quantitative estimate of drug-likeness (QED) is 0.530. The first-order valence-corrected chi connectivity index (χ1v) is 9.62. The Labute approximate surface area is 168 Å². The van der Waals surface area contributed by atoms with Gasteiger partial charge in [0.2, 0.25) is 0 Å². The molecule has 4 aromatic rings. The van der Waals surface area contributed by atoms with E-state index in [0.717, 1.165) is 21.9 Å². The molecule has 0 aliphatic heterocycles. The van der Waals surface area contributed by atoms with Gasteiger partial charge in [-0.15, -0.1) is 0 Å². The van der Waals surface area contributed by atoms with Crippen LogP contribution in [0.4, 0.5) is 0 Å². The summed E-state index contributed by atoms with van der Waals surface area (Å²) in [7, 11) is 0. The van der Waals surface area contributed by atoms with E-state index in [1.54, 1.807) is 16.8 Å². The number of rotatable bonds is 6. The zero-order chi connectivity index (χ0) is 20.4. The van der Waals surface area contributed by atoms with Gasteiger partial charge >= 0.3 is 0 Å². The van der Waals surface area contributed by atoms with E-state index in [-0.39, 0.29) is 11.6 Å². The maximum atomic E-state index is 12.7. The predicted octanol–water partition coefficient (Wildman–Crippen LogP) is 3.29. The minimum absolute atomic E-state index is 0.140. The average Bonchev–Trinajstić information content (AvgIpc) is 3.20. The first-order valence-electron chi connectivity index (χ1n) is 9.62. The molecule has 0 aliphatic carbocycles. The highest BCUT2D eigenvalue weighted by Gasteiger charge is 2.14. The molecule has 4 rings (SSSR count). The van der Waals surface area contributed by atoms with E-state index in [0.29, 0.717) is 30.3 Å². The van der Waals surface area contributed by atoms with Crippen LogP contribution >= 0.6 is 0 Å². The molecule has 1 unspecified atom stereocenters. The number of H-pyrrole nitrogens is 1. The Kier molecular flexibility index (Phi) is 5.10. The standard InChI is InChI=1S/C22H22N6O/c1-14(2)18(7-9-23)25-12-15-3-5-19-16(11-15)4-6-20(29)28(19)22-17-8-10-24-21(17)26-13-27-22/h3-6,8,10-11,13-14,18,25H,7,12H2,1-2H3,(H,24,26,27). The molecule has 0 aliphatic rings. The van der Waals surface area contributed by atoms with E-state index >= 15 is 0 Å². The third-order valence-corrected chi connectivity index (χ3v) is 5.19. The summed E-state index contributed by atoms with van der Waals surface area (Å²) in [4.78, 5) is 24.3. The van der Waals surface area contributed by atoms with Crippen LogP contribution in [0.2, 0.25) is 0 Å². The molecule has 0 bridgehead atoms. The smallest absolute Gasteiger partial charge is 0.256 e. The molecule has 0 amide bonds. The summed E-state index contributed by atoms with van der Waals surface area (Å²) < 4.78 is 1.62. The molecular weight excluding hydrogens is 364 g/mol. The van der Waals surface area contributed by atoms with Gasteiger partial charge in [-0.3, -0.25) is 9.36 Å². The molecule has 0 fully saturated rings. The number of hydrogen-bond acceptors (Lipinski definition) is 5. The topological polar surface area (TPSA) is 99.4 Å². The molecule has 0 saturated carbocycles. The van der Waals surface area contributed by atoms with Crippen molar-refractivity contribution in [3.8, 4) is 11.9 Å². The SMILES string of the molecule is CC(C)C(CC#N)NCc1ccc2c(ccc(=O)n2-c2ncnc3[nH]ccc23)c1. The predicted molar refractivity (Wildman–Crippen MR) is 113 cm³/mol. The molecule has 7 heteroatoms. The highest BCUT2D eigenvalue weighted by Crippen LogP contribution is 2.22. The number of aromatic nitrogens is 4. The lowest BCUT2D eigenvalue weighted by Gasteiger charge is -2.20. The molecule has 7 nitrogen and oxygen atoms in total. The lowest BCUT2D eigenvalue weighted by Crippen LogP contribution is -2.33. The molecule has 0 radical (unpaired) electrons. The minimum Gasteiger partial charge on any atom is -0.346 e. The number of benzene rings is 1. The van der Waals surface area contributed by atoms with Crippen LogP contribution in [0, 0.1) is 17.2 Å². The fourth-order valence-corrected chi connectivity index (χ4v) is 3.55. The van der Waals surface area contributed by atoms with Crippen molar-refractivity contribution in [2.24, 2.45) is 5.92 Å². The Bertz CT molecular complexity index is 1260. The fraction of sp³-hybridized carbons (Fsp3) is 0.273. The zero-order valence-corrected chi connectivity index (χ0v) is 16.4. The van der Waals surface area contributed by atoms with Crippen molar-refractivity contribution in [2.75, 3.05) is 0 Å². The van der Waals surface area contributed by atoms with Crippen LogP contribution in [-0.4, -0.2) is 25.6 Å². The number of nitrogens with zero attached hydrogens (tertiary/aromatic N) is 4. The zero-order valence-electron chi connectivity index (χ0n) is 16.4. The van der Waals surface area contributed by atoms with E-state index in [9.17, 15) is 4.79 Å². The van der Waals surface area contributed by atoms with Gasteiger partial charge in [0.15, 0.2) is 5.82 Å². The second-order valence-corrected chi connectivity index (χ2v) is 7.43. The normalized spacial score (nSPS) is 12.5. The lowest BCUT2D eigenvalue weighted by atomic mass is 10.0. The Morgan fingerprint density at radius 3 is 2.86 bits per heavy atom. The van der Waals surface area contributed by atoms with Crippen molar-refractivity contribution >= 4 is 21.9 Å². The Balaban J connectivity index is 1.73. The molecule has 29 heavy (non-hydrogen) atoms. The van der Waals surface area contributed by atoms with Crippen LogP contribution in [0.3, 0.4) is 0 Å². The van der Waals surface area contributed by atoms with Gasteiger partial charge in [0, 0.05) is 24.8 Å². The van der Waals surface area contributed by atoms with Crippen LogP contribution in [0.15, 0.2) is 53.7 Å². The monoisotopic (exact) mass is 386 g/mol. The maximum Gasteiger partial charge on any atom is 0.256 e. The molecule has 3 heterocycles. The van der Waals surface area contributed by atoms with E-state index in [1.807, 2.05) is 24.3 Å². The molecule has 0 spiro atoms. The van der Waals surface area contributed by atoms with Gasteiger partial charge in [-0.05, 0) is 41.1 Å². The van der Waals surface area contributed by atoms with E-state index in [1.165, 1.54) is 6.33 Å². The van der Waals surface area contributed by atoms with Crippen molar-refractivity contribution in [3.63, 3.8) is 0 Å².